The summed E-state index contributed by atoms with van der Waals surface area (Å²) >= 11 is 5.88. The lowest BCUT2D eigenvalue weighted by Gasteiger charge is -2.15. The number of nitrogens with one attached hydrogen (secondary N) is 2. The van der Waals surface area contributed by atoms with Crippen LogP contribution in [0.15, 0.2) is 48.5 Å². The molecular weight excluding hydrogens is 340 g/mol. The van der Waals surface area contributed by atoms with Crippen molar-refractivity contribution in [1.82, 2.24) is 25.5 Å². The molecule has 7 nitrogen and oxygen atoms in total. The number of rotatable bonds is 4. The minimum atomic E-state index is -0.298. The Morgan fingerprint density at radius 3 is 2.64 bits per heavy atom. The maximum atomic E-state index is 12.2. The smallest absolute Gasteiger partial charge is 0.319 e. The highest BCUT2D eigenvalue weighted by atomic mass is 35.5. The van der Waals surface area contributed by atoms with E-state index in [1.54, 1.807) is 35.9 Å². The van der Waals surface area contributed by atoms with E-state index in [0.717, 1.165) is 11.3 Å². The van der Waals surface area contributed by atoms with Gasteiger partial charge >= 0.3 is 6.03 Å². The molecule has 2 amide bonds. The number of urea groups is 1. The van der Waals surface area contributed by atoms with Crippen LogP contribution in [0.2, 0.25) is 5.02 Å². The molecule has 25 heavy (non-hydrogen) atoms. The Kier molecular flexibility index (Phi) is 4.95. The number of amides is 2. The van der Waals surface area contributed by atoms with Crippen LogP contribution in [-0.4, -0.2) is 26.2 Å². The van der Waals surface area contributed by atoms with Crippen molar-refractivity contribution in [3.63, 3.8) is 0 Å². The van der Waals surface area contributed by atoms with Crippen LogP contribution in [0, 0.1) is 6.92 Å². The molecule has 1 aromatic heterocycles. The largest absolute Gasteiger partial charge is 0.331 e. The average molecular weight is 357 g/mol. The van der Waals surface area contributed by atoms with Gasteiger partial charge in [0.15, 0.2) is 5.82 Å². The lowest BCUT2D eigenvalue weighted by Crippen LogP contribution is -2.31. The summed E-state index contributed by atoms with van der Waals surface area (Å²) in [5.41, 5.74) is 2.39. The van der Waals surface area contributed by atoms with Gasteiger partial charge < -0.3 is 10.6 Å². The van der Waals surface area contributed by atoms with Crippen LogP contribution in [0.3, 0.4) is 0 Å². The molecule has 0 bridgehead atoms. The van der Waals surface area contributed by atoms with Crippen molar-refractivity contribution in [1.29, 1.82) is 0 Å². The molecule has 1 unspecified atom stereocenters. The number of halogens is 1. The van der Waals surface area contributed by atoms with Gasteiger partial charge in [0.25, 0.3) is 0 Å². The van der Waals surface area contributed by atoms with Crippen molar-refractivity contribution in [2.45, 2.75) is 19.9 Å². The first-order valence-corrected chi connectivity index (χ1v) is 8.09. The highest BCUT2D eigenvalue weighted by molar-refractivity contribution is 6.30. The SMILES string of the molecule is Cc1nnnn1-c1cccc(NC(=O)NC(C)c2ccc(Cl)cc2)c1. The standard InChI is InChI=1S/C17H17ClN6O/c1-11(13-6-8-14(18)9-7-13)19-17(25)20-15-4-3-5-16(10-15)24-12(2)21-22-23-24/h3-11H,1-2H3,(H2,19,20,25). The predicted molar refractivity (Wildman–Crippen MR) is 95.9 cm³/mol. The molecule has 0 aliphatic carbocycles. The monoisotopic (exact) mass is 356 g/mol. The Labute approximate surface area is 150 Å². The summed E-state index contributed by atoms with van der Waals surface area (Å²) in [6, 6.07) is 14.2. The number of anilines is 1. The lowest BCUT2D eigenvalue weighted by molar-refractivity contribution is 0.249. The topological polar surface area (TPSA) is 84.7 Å². The summed E-state index contributed by atoms with van der Waals surface area (Å²) in [4.78, 5) is 12.2. The highest BCUT2D eigenvalue weighted by Crippen LogP contribution is 2.17. The van der Waals surface area contributed by atoms with Gasteiger partial charge in [0.2, 0.25) is 0 Å². The van der Waals surface area contributed by atoms with Crippen LogP contribution in [0.25, 0.3) is 5.69 Å². The summed E-state index contributed by atoms with van der Waals surface area (Å²) in [6.07, 6.45) is 0. The van der Waals surface area contributed by atoms with Crippen LogP contribution < -0.4 is 10.6 Å². The minimum absolute atomic E-state index is 0.151. The normalized spacial score (nSPS) is 11.8. The van der Waals surface area contributed by atoms with E-state index in [1.807, 2.05) is 31.2 Å². The second-order valence-corrected chi connectivity index (χ2v) is 6.00. The number of tetrazole rings is 1. The molecule has 3 rings (SSSR count). The van der Waals surface area contributed by atoms with E-state index < -0.39 is 0 Å². The van der Waals surface area contributed by atoms with E-state index in [0.29, 0.717) is 16.5 Å². The van der Waals surface area contributed by atoms with Gasteiger partial charge in [-0.2, -0.15) is 4.68 Å². The Hall–Kier alpha value is -2.93. The Bertz CT molecular complexity index is 877. The van der Waals surface area contributed by atoms with Gasteiger partial charge in [-0.1, -0.05) is 29.8 Å². The summed E-state index contributed by atoms with van der Waals surface area (Å²) in [6.45, 7) is 3.71. The predicted octanol–water partition coefficient (Wildman–Crippen LogP) is 3.51. The molecule has 128 valence electrons. The second kappa shape index (κ2) is 7.31. The fourth-order valence-electron chi connectivity index (χ4n) is 2.38. The molecule has 1 atom stereocenters. The Morgan fingerprint density at radius 1 is 1.20 bits per heavy atom. The van der Waals surface area contributed by atoms with Gasteiger partial charge in [-0.3, -0.25) is 0 Å². The van der Waals surface area contributed by atoms with Crippen LogP contribution in [0.4, 0.5) is 10.5 Å². The summed E-state index contributed by atoms with van der Waals surface area (Å²) in [5.74, 6) is 0.665. The highest BCUT2D eigenvalue weighted by Gasteiger charge is 2.10. The number of hydrogen-bond donors (Lipinski definition) is 2. The third kappa shape index (κ3) is 4.13. The molecule has 0 saturated heterocycles. The molecule has 2 aromatic carbocycles. The van der Waals surface area contributed by atoms with E-state index in [4.69, 9.17) is 11.6 Å². The molecule has 1 heterocycles. The maximum Gasteiger partial charge on any atom is 0.319 e. The third-order valence-electron chi connectivity index (χ3n) is 3.69. The number of carbonyl (C=O) groups excluding carboxylic acids is 1. The minimum Gasteiger partial charge on any atom is -0.331 e. The van der Waals surface area contributed by atoms with Crippen molar-refractivity contribution in [2.75, 3.05) is 5.32 Å². The van der Waals surface area contributed by atoms with Gasteiger partial charge in [0.1, 0.15) is 0 Å². The first-order chi connectivity index (χ1) is 12.0. The first-order valence-electron chi connectivity index (χ1n) is 7.71. The van der Waals surface area contributed by atoms with Crippen LogP contribution in [-0.2, 0) is 0 Å². The quantitative estimate of drug-likeness (QED) is 0.749. The molecule has 3 aromatic rings. The zero-order valence-corrected chi connectivity index (χ0v) is 14.5. The van der Waals surface area contributed by atoms with Crippen LogP contribution in [0.1, 0.15) is 24.4 Å². The molecule has 0 aliphatic rings. The third-order valence-corrected chi connectivity index (χ3v) is 3.94. The summed E-state index contributed by atoms with van der Waals surface area (Å²) in [7, 11) is 0. The molecule has 0 spiro atoms. The number of nitrogens with zero attached hydrogens (tertiary/aromatic N) is 4. The fourth-order valence-corrected chi connectivity index (χ4v) is 2.51. The molecular formula is C17H17ClN6O. The van der Waals surface area contributed by atoms with Gasteiger partial charge in [-0.25, -0.2) is 4.79 Å². The van der Waals surface area contributed by atoms with E-state index in [1.165, 1.54) is 0 Å². The number of aryl methyl sites for hydroxylation is 1. The lowest BCUT2D eigenvalue weighted by atomic mass is 10.1. The zero-order chi connectivity index (χ0) is 17.8. The molecule has 0 radical (unpaired) electrons. The molecule has 0 saturated carbocycles. The maximum absolute atomic E-state index is 12.2. The second-order valence-electron chi connectivity index (χ2n) is 5.56. The van der Waals surface area contributed by atoms with Gasteiger partial charge in [-0.15, -0.1) is 5.10 Å². The van der Waals surface area contributed by atoms with Gasteiger partial charge in [0.05, 0.1) is 11.7 Å². The molecule has 8 heteroatoms. The van der Waals surface area contributed by atoms with E-state index in [9.17, 15) is 4.79 Å². The van der Waals surface area contributed by atoms with Gasteiger partial charge in [0, 0.05) is 10.7 Å². The van der Waals surface area contributed by atoms with E-state index in [2.05, 4.69) is 26.2 Å². The number of hydrogen-bond acceptors (Lipinski definition) is 4. The number of carbonyl (C=O) groups is 1. The van der Waals surface area contributed by atoms with Crippen molar-refractivity contribution < 1.29 is 4.79 Å². The molecule has 0 fully saturated rings. The summed E-state index contributed by atoms with van der Waals surface area (Å²) < 4.78 is 1.60. The van der Waals surface area contributed by atoms with Gasteiger partial charge in [-0.05, 0) is 60.2 Å². The van der Waals surface area contributed by atoms with E-state index in [-0.39, 0.29) is 12.1 Å². The van der Waals surface area contributed by atoms with Crippen LogP contribution in [0.5, 0.6) is 0 Å². The zero-order valence-electron chi connectivity index (χ0n) is 13.8. The van der Waals surface area contributed by atoms with Crippen molar-refractivity contribution in [3.8, 4) is 5.69 Å². The summed E-state index contributed by atoms with van der Waals surface area (Å²) in [5, 5.41) is 17.8. The molecule has 2 N–H and O–H groups in total. The first kappa shape index (κ1) is 16.9. The van der Waals surface area contributed by atoms with Crippen LogP contribution >= 0.6 is 11.6 Å². The van der Waals surface area contributed by atoms with Crippen molar-refractivity contribution in [3.05, 3.63) is 64.9 Å². The van der Waals surface area contributed by atoms with Crippen molar-refractivity contribution >= 4 is 23.3 Å². The number of benzene rings is 2. The average Bonchev–Trinajstić information content (AvgIpc) is 3.01. The Morgan fingerprint density at radius 2 is 1.96 bits per heavy atom. The van der Waals surface area contributed by atoms with E-state index >= 15 is 0 Å². The molecule has 0 aliphatic heterocycles. The fraction of sp³-hybridized carbons (Fsp3) is 0.176. The number of aromatic nitrogens is 4. The Balaban J connectivity index is 1.67. The van der Waals surface area contributed by atoms with Crippen molar-refractivity contribution in [2.24, 2.45) is 0 Å².